The zero-order chi connectivity index (χ0) is 25.1. The maximum absolute atomic E-state index is 13.6. The van der Waals surface area contributed by atoms with Crippen LogP contribution in [0.15, 0.2) is 73.1 Å². The molecule has 0 saturated carbocycles. The number of rotatable bonds is 7. The maximum atomic E-state index is 13.6. The number of aromatic nitrogens is 2. The van der Waals surface area contributed by atoms with Crippen LogP contribution in [0, 0.1) is 6.92 Å². The van der Waals surface area contributed by atoms with Gasteiger partial charge in [0.1, 0.15) is 17.1 Å². The van der Waals surface area contributed by atoms with Gasteiger partial charge in [0, 0.05) is 56.6 Å². The summed E-state index contributed by atoms with van der Waals surface area (Å²) in [4.78, 5) is 22.5. The third-order valence-electron chi connectivity index (χ3n) is 7.00. The topological polar surface area (TPSA) is 59.3 Å². The highest BCUT2D eigenvalue weighted by atomic mass is 16.5. The summed E-state index contributed by atoms with van der Waals surface area (Å²) in [7, 11) is 3.34. The van der Waals surface area contributed by atoms with Crippen LogP contribution in [0.4, 0.5) is 5.69 Å². The largest absolute Gasteiger partial charge is 0.497 e. The van der Waals surface area contributed by atoms with Crippen LogP contribution in [0.5, 0.6) is 11.5 Å². The highest BCUT2D eigenvalue weighted by Crippen LogP contribution is 2.32. The Bertz CT molecular complexity index is 1340. The van der Waals surface area contributed by atoms with Crippen molar-refractivity contribution < 1.29 is 14.3 Å². The van der Waals surface area contributed by atoms with Crippen LogP contribution in [0.2, 0.25) is 0 Å². The van der Waals surface area contributed by atoms with E-state index in [9.17, 15) is 4.79 Å². The number of ether oxygens (including phenoxy) is 2. The van der Waals surface area contributed by atoms with Gasteiger partial charge in [-0.15, -0.1) is 0 Å². The number of methoxy groups -OCH3 is 2. The molecule has 1 amide bonds. The molecule has 1 fully saturated rings. The summed E-state index contributed by atoms with van der Waals surface area (Å²) in [5.74, 6) is 1.64. The molecule has 2 aromatic carbocycles. The second-order valence-corrected chi connectivity index (χ2v) is 9.21. The molecule has 1 aliphatic rings. The number of aryl methyl sites for hydroxylation is 1. The normalized spacial score (nSPS) is 14.6. The van der Waals surface area contributed by atoms with E-state index in [2.05, 4.69) is 51.5 Å². The van der Waals surface area contributed by atoms with Gasteiger partial charge in [0.05, 0.1) is 19.9 Å². The predicted octanol–water partition coefficient (Wildman–Crippen LogP) is 4.53. The Balaban J connectivity index is 1.35. The van der Waals surface area contributed by atoms with E-state index in [1.54, 1.807) is 14.2 Å². The van der Waals surface area contributed by atoms with E-state index in [1.807, 2.05) is 47.6 Å². The van der Waals surface area contributed by atoms with Gasteiger partial charge in [0.2, 0.25) is 5.91 Å². The second-order valence-electron chi connectivity index (χ2n) is 9.21. The van der Waals surface area contributed by atoms with Gasteiger partial charge >= 0.3 is 0 Å². The molecule has 4 aromatic rings. The number of carbonyl (C=O) groups excluding carboxylic acids is 1. The molecule has 7 heteroatoms. The van der Waals surface area contributed by atoms with Gasteiger partial charge < -0.3 is 23.7 Å². The van der Waals surface area contributed by atoms with E-state index >= 15 is 0 Å². The SMILES string of the molecule is COc1ccc(N2CCN(C(=O)CC(c3cccc(OC)c3)c3cnc4cc(C)ccn34)CC2)cc1. The van der Waals surface area contributed by atoms with E-state index in [1.165, 1.54) is 0 Å². The number of benzene rings is 2. The second kappa shape index (κ2) is 10.3. The van der Waals surface area contributed by atoms with Crippen molar-refractivity contribution in [3.63, 3.8) is 0 Å². The summed E-state index contributed by atoms with van der Waals surface area (Å²) in [5.41, 5.74) is 5.24. The van der Waals surface area contributed by atoms with Crippen molar-refractivity contribution in [2.45, 2.75) is 19.3 Å². The first-order valence-electron chi connectivity index (χ1n) is 12.3. The first-order chi connectivity index (χ1) is 17.6. The van der Waals surface area contributed by atoms with Crippen LogP contribution < -0.4 is 14.4 Å². The molecule has 1 atom stereocenters. The van der Waals surface area contributed by atoms with Crippen LogP contribution in [-0.4, -0.2) is 60.6 Å². The molecule has 1 saturated heterocycles. The Morgan fingerprint density at radius 1 is 0.944 bits per heavy atom. The number of anilines is 1. The van der Waals surface area contributed by atoms with E-state index in [0.717, 1.165) is 52.7 Å². The van der Waals surface area contributed by atoms with Crippen molar-refractivity contribution in [3.8, 4) is 11.5 Å². The van der Waals surface area contributed by atoms with Gasteiger partial charge in [-0.25, -0.2) is 4.98 Å². The fourth-order valence-corrected chi connectivity index (χ4v) is 4.92. The van der Waals surface area contributed by atoms with Crippen LogP contribution in [0.1, 0.15) is 29.2 Å². The fraction of sp³-hybridized carbons (Fsp3) is 0.310. The number of hydrogen-bond donors (Lipinski definition) is 0. The Morgan fingerprint density at radius 3 is 2.42 bits per heavy atom. The minimum atomic E-state index is -0.134. The molecule has 2 aromatic heterocycles. The summed E-state index contributed by atoms with van der Waals surface area (Å²) < 4.78 is 12.8. The fourth-order valence-electron chi connectivity index (χ4n) is 4.92. The average molecular weight is 485 g/mol. The third-order valence-corrected chi connectivity index (χ3v) is 7.00. The van der Waals surface area contributed by atoms with E-state index < -0.39 is 0 Å². The lowest BCUT2D eigenvalue weighted by Crippen LogP contribution is -2.49. The first kappa shape index (κ1) is 23.7. The molecule has 0 bridgehead atoms. The van der Waals surface area contributed by atoms with Crippen molar-refractivity contribution in [2.75, 3.05) is 45.3 Å². The first-order valence-corrected chi connectivity index (χ1v) is 12.3. The number of carbonyl (C=O) groups is 1. The number of pyridine rings is 1. The Kier molecular flexibility index (Phi) is 6.80. The molecule has 36 heavy (non-hydrogen) atoms. The van der Waals surface area contributed by atoms with Crippen LogP contribution in [0.25, 0.3) is 5.65 Å². The Morgan fingerprint density at radius 2 is 1.69 bits per heavy atom. The summed E-state index contributed by atoms with van der Waals surface area (Å²) in [5, 5.41) is 0. The maximum Gasteiger partial charge on any atom is 0.223 e. The standard InChI is InChI=1S/C29H32N4O3/c1-21-11-12-33-27(20-30-28(33)17-21)26(22-5-4-6-25(18-22)36-3)19-29(34)32-15-13-31(14-16-32)23-7-9-24(35-2)10-8-23/h4-12,17-18,20,26H,13-16,19H2,1-3H3. The van der Waals surface area contributed by atoms with Gasteiger partial charge in [-0.2, -0.15) is 0 Å². The van der Waals surface area contributed by atoms with Crippen molar-refractivity contribution in [1.29, 1.82) is 0 Å². The molecule has 0 N–H and O–H groups in total. The molecule has 0 spiro atoms. The van der Waals surface area contributed by atoms with Gasteiger partial charge in [0.25, 0.3) is 0 Å². The molecule has 0 aliphatic carbocycles. The molecule has 5 rings (SSSR count). The number of nitrogens with zero attached hydrogens (tertiary/aromatic N) is 4. The summed E-state index contributed by atoms with van der Waals surface area (Å²) in [6, 6.07) is 20.2. The third kappa shape index (κ3) is 4.87. The van der Waals surface area contributed by atoms with Gasteiger partial charge in [0.15, 0.2) is 0 Å². The van der Waals surface area contributed by atoms with Crippen LogP contribution >= 0.6 is 0 Å². The van der Waals surface area contributed by atoms with Gasteiger partial charge in [-0.1, -0.05) is 12.1 Å². The monoisotopic (exact) mass is 484 g/mol. The summed E-state index contributed by atoms with van der Waals surface area (Å²) in [6.45, 7) is 5.06. The predicted molar refractivity (Wildman–Crippen MR) is 141 cm³/mol. The molecule has 1 aliphatic heterocycles. The van der Waals surface area contributed by atoms with Gasteiger partial charge in [-0.05, 0) is 66.6 Å². The van der Waals surface area contributed by atoms with Crippen molar-refractivity contribution >= 4 is 17.2 Å². The lowest BCUT2D eigenvalue weighted by atomic mass is 9.91. The summed E-state index contributed by atoms with van der Waals surface area (Å²) in [6.07, 6.45) is 4.31. The smallest absolute Gasteiger partial charge is 0.223 e. The molecule has 3 heterocycles. The zero-order valence-electron chi connectivity index (χ0n) is 21.1. The minimum absolute atomic E-state index is 0.134. The lowest BCUT2D eigenvalue weighted by Gasteiger charge is -2.36. The van der Waals surface area contributed by atoms with E-state index in [-0.39, 0.29) is 11.8 Å². The van der Waals surface area contributed by atoms with Crippen LogP contribution in [0.3, 0.4) is 0 Å². The molecular weight excluding hydrogens is 452 g/mol. The highest BCUT2D eigenvalue weighted by Gasteiger charge is 2.27. The van der Waals surface area contributed by atoms with Crippen molar-refractivity contribution in [1.82, 2.24) is 14.3 Å². The number of hydrogen-bond acceptors (Lipinski definition) is 5. The van der Waals surface area contributed by atoms with Gasteiger partial charge in [-0.3, -0.25) is 4.79 Å². The zero-order valence-corrected chi connectivity index (χ0v) is 21.1. The quantitative estimate of drug-likeness (QED) is 0.386. The number of amides is 1. The molecule has 7 nitrogen and oxygen atoms in total. The summed E-state index contributed by atoms with van der Waals surface area (Å²) >= 11 is 0. The van der Waals surface area contributed by atoms with E-state index in [4.69, 9.17) is 9.47 Å². The number of fused-ring (bicyclic) bond motifs is 1. The molecule has 1 unspecified atom stereocenters. The lowest BCUT2D eigenvalue weighted by molar-refractivity contribution is -0.131. The highest BCUT2D eigenvalue weighted by molar-refractivity contribution is 5.78. The van der Waals surface area contributed by atoms with Crippen LogP contribution in [-0.2, 0) is 4.79 Å². The number of piperazine rings is 1. The van der Waals surface area contributed by atoms with E-state index in [0.29, 0.717) is 19.5 Å². The Labute approximate surface area is 211 Å². The molecular formula is C29H32N4O3. The molecule has 0 radical (unpaired) electrons. The Hall–Kier alpha value is -4.00. The van der Waals surface area contributed by atoms with Crippen molar-refractivity contribution in [2.24, 2.45) is 0 Å². The number of imidazole rings is 1. The molecule has 186 valence electrons. The van der Waals surface area contributed by atoms with Crippen molar-refractivity contribution in [3.05, 3.63) is 89.9 Å². The minimum Gasteiger partial charge on any atom is -0.497 e. The average Bonchev–Trinajstić information content (AvgIpc) is 3.34.